The zero-order chi connectivity index (χ0) is 11.4. The molecule has 16 heavy (non-hydrogen) atoms. The third-order valence-corrected chi connectivity index (χ3v) is 2.60. The van der Waals surface area contributed by atoms with Crippen molar-refractivity contribution in [2.24, 2.45) is 0 Å². The van der Waals surface area contributed by atoms with Crippen LogP contribution in [0.15, 0.2) is 48.5 Å². The summed E-state index contributed by atoms with van der Waals surface area (Å²) in [4.78, 5) is 4.64. The van der Waals surface area contributed by atoms with Crippen LogP contribution in [-0.4, -0.2) is 15.1 Å². The Morgan fingerprint density at radius 1 is 1.06 bits per heavy atom. The van der Waals surface area contributed by atoms with Crippen molar-refractivity contribution in [3.63, 3.8) is 0 Å². The molecule has 1 heterocycles. The van der Waals surface area contributed by atoms with Crippen LogP contribution in [0.5, 0.6) is 0 Å². The van der Waals surface area contributed by atoms with E-state index in [-0.39, 0.29) is 0 Å². The fourth-order valence-electron chi connectivity index (χ4n) is 1.56. The second-order valence-electron chi connectivity index (χ2n) is 3.64. The SMILES string of the molecule is CN(I)Cc1cccc(-c2ccccc2)n1. The summed E-state index contributed by atoms with van der Waals surface area (Å²) in [6, 6.07) is 16.4. The van der Waals surface area contributed by atoms with Gasteiger partial charge in [-0.2, -0.15) is 0 Å². The summed E-state index contributed by atoms with van der Waals surface area (Å²) < 4.78 is 2.09. The number of halogens is 1. The molecule has 1 aromatic heterocycles. The van der Waals surface area contributed by atoms with Crippen LogP contribution in [0.3, 0.4) is 0 Å². The molecule has 0 aliphatic rings. The van der Waals surface area contributed by atoms with Crippen LogP contribution >= 0.6 is 22.9 Å². The number of hydrogen-bond donors (Lipinski definition) is 0. The van der Waals surface area contributed by atoms with Gasteiger partial charge in [-0.05, 0) is 19.2 Å². The molecule has 0 radical (unpaired) electrons. The topological polar surface area (TPSA) is 16.1 Å². The van der Waals surface area contributed by atoms with Gasteiger partial charge in [-0.1, -0.05) is 36.4 Å². The quantitative estimate of drug-likeness (QED) is 0.634. The first-order valence-electron chi connectivity index (χ1n) is 5.14. The minimum atomic E-state index is 0.862. The smallest absolute Gasteiger partial charge is 0.0705 e. The molecule has 0 fully saturated rings. The minimum Gasteiger partial charge on any atom is -0.251 e. The van der Waals surface area contributed by atoms with Crippen molar-refractivity contribution in [1.29, 1.82) is 0 Å². The number of benzene rings is 1. The molecule has 0 bridgehead atoms. The largest absolute Gasteiger partial charge is 0.251 e. The lowest BCUT2D eigenvalue weighted by Gasteiger charge is -2.08. The normalized spacial score (nSPS) is 10.7. The van der Waals surface area contributed by atoms with Crippen LogP contribution in [0, 0.1) is 0 Å². The molecular weight excluding hydrogens is 311 g/mol. The Morgan fingerprint density at radius 2 is 1.81 bits per heavy atom. The van der Waals surface area contributed by atoms with Gasteiger partial charge in [0, 0.05) is 28.4 Å². The first-order valence-corrected chi connectivity index (χ1v) is 6.10. The van der Waals surface area contributed by atoms with Crippen LogP contribution in [0.4, 0.5) is 0 Å². The molecule has 0 aliphatic heterocycles. The standard InChI is InChI=1S/C13H13IN2/c1-16(14)10-12-8-5-9-13(15-12)11-6-3-2-4-7-11/h2-9H,10H2,1H3. The van der Waals surface area contributed by atoms with E-state index in [1.54, 1.807) is 0 Å². The molecule has 0 saturated carbocycles. The van der Waals surface area contributed by atoms with Gasteiger partial charge in [0.2, 0.25) is 0 Å². The van der Waals surface area contributed by atoms with E-state index in [9.17, 15) is 0 Å². The summed E-state index contributed by atoms with van der Waals surface area (Å²) in [5, 5.41) is 0. The van der Waals surface area contributed by atoms with E-state index in [2.05, 4.69) is 55.2 Å². The van der Waals surface area contributed by atoms with Crippen molar-refractivity contribution in [1.82, 2.24) is 8.10 Å². The third-order valence-electron chi connectivity index (χ3n) is 2.26. The van der Waals surface area contributed by atoms with Crippen LogP contribution in [0.2, 0.25) is 0 Å². The van der Waals surface area contributed by atoms with Crippen LogP contribution in [0.1, 0.15) is 5.69 Å². The highest BCUT2D eigenvalue weighted by molar-refractivity contribution is 14.1. The maximum Gasteiger partial charge on any atom is 0.0705 e. The van der Waals surface area contributed by atoms with Gasteiger partial charge in [0.25, 0.3) is 0 Å². The second kappa shape index (κ2) is 5.41. The average Bonchev–Trinajstić information content (AvgIpc) is 2.30. The summed E-state index contributed by atoms with van der Waals surface area (Å²) in [7, 11) is 2.04. The molecule has 0 atom stereocenters. The van der Waals surface area contributed by atoms with E-state index in [0.29, 0.717) is 0 Å². The highest BCUT2D eigenvalue weighted by atomic mass is 127. The molecule has 0 N–H and O–H groups in total. The minimum absolute atomic E-state index is 0.862. The van der Waals surface area contributed by atoms with Crippen molar-refractivity contribution >= 4 is 22.9 Å². The molecule has 0 aliphatic carbocycles. The van der Waals surface area contributed by atoms with Gasteiger partial charge in [0.05, 0.1) is 17.9 Å². The van der Waals surface area contributed by atoms with Gasteiger partial charge in [0.1, 0.15) is 0 Å². The van der Waals surface area contributed by atoms with Gasteiger partial charge in [-0.25, -0.2) is 3.11 Å². The first-order chi connectivity index (χ1) is 7.75. The van der Waals surface area contributed by atoms with Crippen molar-refractivity contribution in [3.8, 4) is 11.3 Å². The molecule has 2 rings (SSSR count). The Labute approximate surface area is 110 Å². The van der Waals surface area contributed by atoms with Crippen molar-refractivity contribution in [2.75, 3.05) is 7.05 Å². The molecule has 82 valence electrons. The van der Waals surface area contributed by atoms with Crippen LogP contribution < -0.4 is 0 Å². The summed E-state index contributed by atoms with van der Waals surface area (Å²) in [5.74, 6) is 0. The predicted octanol–water partition coefficient (Wildman–Crippen LogP) is 3.53. The highest BCUT2D eigenvalue weighted by Gasteiger charge is 2.01. The Morgan fingerprint density at radius 3 is 2.50 bits per heavy atom. The molecule has 1 aromatic carbocycles. The number of rotatable bonds is 3. The Balaban J connectivity index is 2.29. The molecule has 0 spiro atoms. The maximum absolute atomic E-state index is 4.64. The highest BCUT2D eigenvalue weighted by Crippen LogP contribution is 2.17. The molecule has 0 saturated heterocycles. The number of pyridine rings is 1. The van der Waals surface area contributed by atoms with Gasteiger partial charge >= 0.3 is 0 Å². The second-order valence-corrected chi connectivity index (χ2v) is 5.29. The maximum atomic E-state index is 4.64. The van der Waals surface area contributed by atoms with E-state index in [1.165, 1.54) is 5.56 Å². The van der Waals surface area contributed by atoms with Crippen molar-refractivity contribution in [3.05, 3.63) is 54.2 Å². The summed E-state index contributed by atoms with van der Waals surface area (Å²) >= 11 is 2.27. The van der Waals surface area contributed by atoms with Gasteiger partial charge in [-0.15, -0.1) is 0 Å². The van der Waals surface area contributed by atoms with Crippen molar-refractivity contribution < 1.29 is 0 Å². The molecule has 2 nitrogen and oxygen atoms in total. The lowest BCUT2D eigenvalue weighted by atomic mass is 10.1. The van der Waals surface area contributed by atoms with E-state index in [1.807, 2.05) is 31.3 Å². The van der Waals surface area contributed by atoms with E-state index >= 15 is 0 Å². The fourth-order valence-corrected chi connectivity index (χ4v) is 1.91. The first kappa shape index (κ1) is 11.5. The Kier molecular flexibility index (Phi) is 3.90. The zero-order valence-corrected chi connectivity index (χ0v) is 11.3. The molecule has 2 aromatic rings. The lowest BCUT2D eigenvalue weighted by molar-refractivity contribution is 0.599. The monoisotopic (exact) mass is 324 g/mol. The molecule has 0 amide bonds. The number of hydrogen-bond acceptors (Lipinski definition) is 2. The zero-order valence-electron chi connectivity index (χ0n) is 9.10. The Hall–Kier alpha value is -0.940. The van der Waals surface area contributed by atoms with Gasteiger partial charge in [0.15, 0.2) is 0 Å². The Bertz CT molecular complexity index is 454. The van der Waals surface area contributed by atoms with Gasteiger partial charge in [-0.3, -0.25) is 4.98 Å². The molecule has 3 heteroatoms. The fraction of sp³-hybridized carbons (Fsp3) is 0.154. The number of nitrogens with zero attached hydrogens (tertiary/aromatic N) is 2. The average molecular weight is 324 g/mol. The van der Waals surface area contributed by atoms with Crippen LogP contribution in [0.25, 0.3) is 11.3 Å². The molecular formula is C13H13IN2. The van der Waals surface area contributed by atoms with E-state index in [0.717, 1.165) is 17.9 Å². The van der Waals surface area contributed by atoms with E-state index in [4.69, 9.17) is 0 Å². The van der Waals surface area contributed by atoms with Crippen molar-refractivity contribution in [2.45, 2.75) is 6.54 Å². The number of aromatic nitrogens is 1. The summed E-state index contributed by atoms with van der Waals surface area (Å²) in [6.45, 7) is 0.862. The van der Waals surface area contributed by atoms with Gasteiger partial charge < -0.3 is 0 Å². The summed E-state index contributed by atoms with van der Waals surface area (Å²) in [5.41, 5.74) is 3.30. The van der Waals surface area contributed by atoms with Crippen LogP contribution in [-0.2, 0) is 6.54 Å². The molecule has 0 unspecified atom stereocenters. The lowest BCUT2D eigenvalue weighted by Crippen LogP contribution is -2.05. The summed E-state index contributed by atoms with van der Waals surface area (Å²) in [6.07, 6.45) is 0. The van der Waals surface area contributed by atoms with E-state index < -0.39 is 0 Å². The predicted molar refractivity (Wildman–Crippen MR) is 75.2 cm³/mol. The third kappa shape index (κ3) is 3.02.